The number of carbonyl (C=O) groups excluding carboxylic acids is 1. The van der Waals surface area contributed by atoms with Crippen molar-refractivity contribution >= 4 is 15.9 Å². The van der Waals surface area contributed by atoms with E-state index in [0.717, 1.165) is 12.8 Å². The van der Waals surface area contributed by atoms with Crippen molar-refractivity contribution < 1.29 is 22.7 Å². The highest BCUT2D eigenvalue weighted by Crippen LogP contribution is 2.32. The first-order chi connectivity index (χ1) is 13.0. The molecule has 1 aromatic rings. The number of rotatable bonds is 6. The lowest BCUT2D eigenvalue weighted by Gasteiger charge is -2.31. The standard InChI is InChI=1S/C19H28N2O5S/c1-25-16-7-8-18(17(13-16)26-2)27(23,24)21-11-9-14(10-12-21)19(22)20-15-5-3-4-6-15/h7-8,13-15H,3-6,9-12H2,1-2H3,(H,20,22). The molecule has 1 heterocycles. The van der Waals surface area contributed by atoms with Crippen molar-refractivity contribution in [2.75, 3.05) is 27.3 Å². The third kappa shape index (κ3) is 4.38. The van der Waals surface area contributed by atoms with Gasteiger partial charge in [0.1, 0.15) is 16.4 Å². The molecule has 1 amide bonds. The van der Waals surface area contributed by atoms with Gasteiger partial charge in [0.15, 0.2) is 0 Å². The van der Waals surface area contributed by atoms with Gasteiger partial charge in [-0.25, -0.2) is 8.42 Å². The van der Waals surface area contributed by atoms with Gasteiger partial charge in [-0.1, -0.05) is 12.8 Å². The van der Waals surface area contributed by atoms with Gasteiger partial charge in [0.05, 0.1) is 14.2 Å². The monoisotopic (exact) mass is 396 g/mol. The summed E-state index contributed by atoms with van der Waals surface area (Å²) in [7, 11) is -0.724. The fourth-order valence-corrected chi connectivity index (χ4v) is 5.48. The highest BCUT2D eigenvalue weighted by atomic mass is 32.2. The molecule has 27 heavy (non-hydrogen) atoms. The third-order valence-corrected chi connectivity index (χ3v) is 7.45. The van der Waals surface area contributed by atoms with E-state index >= 15 is 0 Å². The van der Waals surface area contributed by atoms with Gasteiger partial charge in [0.2, 0.25) is 15.9 Å². The first-order valence-corrected chi connectivity index (χ1v) is 10.9. The molecule has 7 nitrogen and oxygen atoms in total. The largest absolute Gasteiger partial charge is 0.497 e. The van der Waals surface area contributed by atoms with Crippen LogP contribution in [0.4, 0.5) is 0 Å². The minimum atomic E-state index is -3.68. The lowest BCUT2D eigenvalue weighted by atomic mass is 9.97. The predicted molar refractivity (Wildman–Crippen MR) is 101 cm³/mol. The van der Waals surface area contributed by atoms with E-state index in [-0.39, 0.29) is 22.5 Å². The third-order valence-electron chi connectivity index (χ3n) is 5.51. The SMILES string of the molecule is COc1ccc(S(=O)(=O)N2CCC(C(=O)NC3CCCC3)CC2)c(OC)c1. The molecule has 3 rings (SSSR count). The molecule has 150 valence electrons. The smallest absolute Gasteiger partial charge is 0.246 e. The van der Waals surface area contributed by atoms with Gasteiger partial charge in [0, 0.05) is 31.1 Å². The van der Waals surface area contributed by atoms with Gasteiger partial charge in [-0.3, -0.25) is 4.79 Å². The maximum absolute atomic E-state index is 13.0. The molecule has 0 bridgehead atoms. The van der Waals surface area contributed by atoms with Crippen LogP contribution < -0.4 is 14.8 Å². The van der Waals surface area contributed by atoms with Crippen LogP contribution in [0.2, 0.25) is 0 Å². The summed E-state index contributed by atoms with van der Waals surface area (Å²) >= 11 is 0. The number of sulfonamides is 1. The summed E-state index contributed by atoms with van der Waals surface area (Å²) in [6.07, 6.45) is 5.52. The molecule has 1 aliphatic heterocycles. The zero-order valence-corrected chi connectivity index (χ0v) is 16.8. The number of ether oxygens (including phenoxy) is 2. The van der Waals surface area contributed by atoms with Gasteiger partial charge in [-0.15, -0.1) is 0 Å². The maximum atomic E-state index is 13.0. The summed E-state index contributed by atoms with van der Waals surface area (Å²) in [6.45, 7) is 0.667. The molecule has 1 aromatic carbocycles. The van der Waals surface area contributed by atoms with Crippen LogP contribution in [-0.4, -0.2) is 52.0 Å². The quantitative estimate of drug-likeness (QED) is 0.797. The van der Waals surface area contributed by atoms with Crippen molar-refractivity contribution in [1.29, 1.82) is 0 Å². The van der Waals surface area contributed by atoms with Gasteiger partial charge < -0.3 is 14.8 Å². The zero-order chi connectivity index (χ0) is 19.4. The molecular formula is C19H28N2O5S. The van der Waals surface area contributed by atoms with E-state index in [9.17, 15) is 13.2 Å². The molecule has 2 aliphatic rings. The molecule has 1 saturated heterocycles. The Bertz CT molecular complexity index is 766. The highest BCUT2D eigenvalue weighted by Gasteiger charge is 2.34. The van der Waals surface area contributed by atoms with Crippen LogP contribution in [0.15, 0.2) is 23.1 Å². The Hall–Kier alpha value is -1.80. The van der Waals surface area contributed by atoms with Crippen molar-refractivity contribution in [1.82, 2.24) is 9.62 Å². The molecule has 8 heteroatoms. The predicted octanol–water partition coefficient (Wildman–Crippen LogP) is 2.16. The molecular weight excluding hydrogens is 368 g/mol. The number of amides is 1. The minimum absolute atomic E-state index is 0.0703. The summed E-state index contributed by atoms with van der Waals surface area (Å²) in [5, 5.41) is 3.12. The molecule has 1 N–H and O–H groups in total. The Kier molecular flexibility index (Phi) is 6.26. The fourth-order valence-electron chi connectivity index (χ4n) is 3.87. The Labute approximate surface area is 161 Å². The Morgan fingerprint density at radius 1 is 1.07 bits per heavy atom. The summed E-state index contributed by atoms with van der Waals surface area (Å²) in [4.78, 5) is 12.6. The van der Waals surface area contributed by atoms with Gasteiger partial charge in [-0.2, -0.15) is 4.31 Å². The topological polar surface area (TPSA) is 84.9 Å². The normalized spacial score (nSPS) is 19.8. The maximum Gasteiger partial charge on any atom is 0.246 e. The average Bonchev–Trinajstić information content (AvgIpc) is 3.20. The van der Waals surface area contributed by atoms with Gasteiger partial charge in [-0.05, 0) is 37.8 Å². The molecule has 2 fully saturated rings. The first-order valence-electron chi connectivity index (χ1n) is 9.48. The lowest BCUT2D eigenvalue weighted by Crippen LogP contribution is -2.44. The molecule has 1 aliphatic carbocycles. The molecule has 0 spiro atoms. The summed E-state index contributed by atoms with van der Waals surface area (Å²) in [5.41, 5.74) is 0. The Morgan fingerprint density at radius 2 is 1.74 bits per heavy atom. The second kappa shape index (κ2) is 8.48. The number of piperidine rings is 1. The van der Waals surface area contributed by atoms with Crippen LogP contribution in [0.1, 0.15) is 38.5 Å². The zero-order valence-electron chi connectivity index (χ0n) is 15.9. The fraction of sp³-hybridized carbons (Fsp3) is 0.632. The molecule has 0 radical (unpaired) electrons. The van der Waals surface area contributed by atoms with Gasteiger partial charge in [0.25, 0.3) is 0 Å². The van der Waals surface area contributed by atoms with Crippen molar-refractivity contribution in [3.8, 4) is 11.5 Å². The van der Waals surface area contributed by atoms with Crippen molar-refractivity contribution in [2.24, 2.45) is 5.92 Å². The van der Waals surface area contributed by atoms with E-state index in [4.69, 9.17) is 9.47 Å². The van der Waals surface area contributed by atoms with Gasteiger partial charge >= 0.3 is 0 Å². The van der Waals surface area contributed by atoms with E-state index in [0.29, 0.717) is 37.7 Å². The van der Waals surface area contributed by atoms with E-state index in [2.05, 4.69) is 5.32 Å². The summed E-state index contributed by atoms with van der Waals surface area (Å²) < 4.78 is 37.9. The number of carbonyl (C=O) groups is 1. The summed E-state index contributed by atoms with van der Waals surface area (Å²) in [6, 6.07) is 4.97. The first kappa shape index (κ1) is 19.9. The Balaban J connectivity index is 1.65. The van der Waals surface area contributed by atoms with Crippen molar-refractivity contribution in [3.05, 3.63) is 18.2 Å². The van der Waals surface area contributed by atoms with Crippen molar-refractivity contribution in [3.63, 3.8) is 0 Å². The number of benzene rings is 1. The average molecular weight is 397 g/mol. The molecule has 1 saturated carbocycles. The summed E-state index contributed by atoms with van der Waals surface area (Å²) in [5.74, 6) is 0.749. The number of hydrogen-bond donors (Lipinski definition) is 1. The number of nitrogens with zero attached hydrogens (tertiary/aromatic N) is 1. The number of hydrogen-bond acceptors (Lipinski definition) is 5. The van der Waals surface area contributed by atoms with Crippen LogP contribution in [0, 0.1) is 5.92 Å². The van der Waals surface area contributed by atoms with E-state index in [1.165, 1.54) is 37.4 Å². The molecule has 0 unspecified atom stereocenters. The van der Waals surface area contributed by atoms with E-state index < -0.39 is 10.0 Å². The minimum Gasteiger partial charge on any atom is -0.497 e. The lowest BCUT2D eigenvalue weighted by molar-refractivity contribution is -0.126. The second-order valence-electron chi connectivity index (χ2n) is 7.19. The number of nitrogens with one attached hydrogen (secondary N) is 1. The van der Waals surface area contributed by atoms with E-state index in [1.807, 2.05) is 0 Å². The highest BCUT2D eigenvalue weighted by molar-refractivity contribution is 7.89. The second-order valence-corrected chi connectivity index (χ2v) is 9.09. The molecule has 0 aromatic heterocycles. The van der Waals surface area contributed by atoms with Crippen LogP contribution in [0.3, 0.4) is 0 Å². The van der Waals surface area contributed by atoms with Crippen LogP contribution in [0.25, 0.3) is 0 Å². The molecule has 0 atom stereocenters. The van der Waals surface area contributed by atoms with Crippen molar-refractivity contribution in [2.45, 2.75) is 49.5 Å². The Morgan fingerprint density at radius 3 is 2.33 bits per heavy atom. The van der Waals surface area contributed by atoms with Crippen LogP contribution >= 0.6 is 0 Å². The van der Waals surface area contributed by atoms with Crippen LogP contribution in [0.5, 0.6) is 11.5 Å². The van der Waals surface area contributed by atoms with Crippen LogP contribution in [-0.2, 0) is 14.8 Å². The van der Waals surface area contributed by atoms with E-state index in [1.54, 1.807) is 12.1 Å². The number of methoxy groups -OCH3 is 2.